The third kappa shape index (κ3) is 2.23. The lowest BCUT2D eigenvalue weighted by Gasteiger charge is -2.32. The summed E-state index contributed by atoms with van der Waals surface area (Å²) < 4.78 is 1.41. The maximum atomic E-state index is 3.41. The zero-order valence-electron chi connectivity index (χ0n) is 10.1. The van der Waals surface area contributed by atoms with E-state index in [-0.39, 0.29) is 0 Å². The Bertz CT molecular complexity index is 467. The van der Waals surface area contributed by atoms with E-state index < -0.39 is 0 Å². The second-order valence-corrected chi connectivity index (χ2v) is 5.76. The van der Waals surface area contributed by atoms with Crippen LogP contribution in [0.15, 0.2) is 30.3 Å². The van der Waals surface area contributed by atoms with Gasteiger partial charge in [-0.15, -0.1) is 11.3 Å². The van der Waals surface area contributed by atoms with Crippen LogP contribution in [0.25, 0.3) is 10.1 Å². The Morgan fingerprint density at radius 1 is 1.24 bits per heavy atom. The Morgan fingerprint density at radius 2 is 2.00 bits per heavy atom. The van der Waals surface area contributed by atoms with Crippen molar-refractivity contribution in [1.29, 1.82) is 0 Å². The molecule has 1 saturated heterocycles. The van der Waals surface area contributed by atoms with Crippen LogP contribution in [-0.2, 0) is 0 Å². The number of benzene rings is 1. The van der Waals surface area contributed by atoms with Gasteiger partial charge in [0.15, 0.2) is 0 Å². The zero-order chi connectivity index (χ0) is 11.7. The molecule has 1 aliphatic rings. The average Bonchev–Trinajstić information content (AvgIpc) is 2.82. The van der Waals surface area contributed by atoms with Crippen LogP contribution in [0.3, 0.4) is 0 Å². The van der Waals surface area contributed by atoms with Crippen LogP contribution >= 0.6 is 11.3 Å². The smallest absolute Gasteiger partial charge is 0.0414 e. The SMILES string of the molecule is CC(c1cc2ccccc2s1)N1CCNCC1. The third-order valence-electron chi connectivity index (χ3n) is 3.56. The van der Waals surface area contributed by atoms with Crippen molar-refractivity contribution in [3.63, 3.8) is 0 Å². The van der Waals surface area contributed by atoms with Crippen molar-refractivity contribution in [2.75, 3.05) is 26.2 Å². The first-order valence-corrected chi connectivity index (χ1v) is 7.09. The molecule has 0 radical (unpaired) electrons. The second-order valence-electron chi connectivity index (χ2n) is 4.65. The standard InChI is InChI=1S/C14H18N2S/c1-11(16-8-6-15-7-9-16)14-10-12-4-2-3-5-13(12)17-14/h2-5,10-11,15H,6-9H2,1H3. The molecule has 1 fully saturated rings. The van der Waals surface area contributed by atoms with Crippen molar-refractivity contribution >= 4 is 21.4 Å². The number of nitrogens with zero attached hydrogens (tertiary/aromatic N) is 1. The molecule has 0 bridgehead atoms. The minimum atomic E-state index is 0.550. The van der Waals surface area contributed by atoms with Crippen molar-refractivity contribution in [2.45, 2.75) is 13.0 Å². The fourth-order valence-corrected chi connectivity index (χ4v) is 3.61. The molecule has 2 heterocycles. The van der Waals surface area contributed by atoms with E-state index in [2.05, 4.69) is 47.5 Å². The lowest BCUT2D eigenvalue weighted by atomic mass is 10.2. The largest absolute Gasteiger partial charge is 0.314 e. The third-order valence-corrected chi connectivity index (χ3v) is 4.84. The second kappa shape index (κ2) is 4.77. The van der Waals surface area contributed by atoms with Gasteiger partial charge in [0, 0.05) is 41.8 Å². The minimum absolute atomic E-state index is 0.550. The molecule has 1 aliphatic heterocycles. The van der Waals surface area contributed by atoms with Gasteiger partial charge in [0.2, 0.25) is 0 Å². The van der Waals surface area contributed by atoms with E-state index in [0.29, 0.717) is 6.04 Å². The normalized spacial score (nSPS) is 19.6. The summed E-state index contributed by atoms with van der Waals surface area (Å²) in [5, 5.41) is 4.79. The molecule has 0 saturated carbocycles. The van der Waals surface area contributed by atoms with Gasteiger partial charge in [-0.05, 0) is 24.4 Å². The number of nitrogens with one attached hydrogen (secondary N) is 1. The molecule has 0 amide bonds. The molecular formula is C14H18N2S. The fourth-order valence-electron chi connectivity index (χ4n) is 2.46. The monoisotopic (exact) mass is 246 g/mol. The van der Waals surface area contributed by atoms with E-state index in [1.54, 1.807) is 0 Å². The number of thiophene rings is 1. The summed E-state index contributed by atoms with van der Waals surface area (Å²) in [5.74, 6) is 0. The summed E-state index contributed by atoms with van der Waals surface area (Å²) in [6.07, 6.45) is 0. The predicted octanol–water partition coefficient (Wildman–Crippen LogP) is 2.87. The zero-order valence-corrected chi connectivity index (χ0v) is 11.0. The molecule has 3 rings (SSSR count). The first-order chi connectivity index (χ1) is 8.34. The van der Waals surface area contributed by atoms with Crippen molar-refractivity contribution in [2.24, 2.45) is 0 Å². The molecular weight excluding hydrogens is 228 g/mol. The Balaban J connectivity index is 1.86. The van der Waals surface area contributed by atoms with Gasteiger partial charge < -0.3 is 5.32 Å². The van der Waals surface area contributed by atoms with Gasteiger partial charge in [-0.2, -0.15) is 0 Å². The van der Waals surface area contributed by atoms with Gasteiger partial charge in [0.25, 0.3) is 0 Å². The van der Waals surface area contributed by atoms with Crippen LogP contribution in [0.4, 0.5) is 0 Å². The highest BCUT2D eigenvalue weighted by molar-refractivity contribution is 7.19. The van der Waals surface area contributed by atoms with Crippen molar-refractivity contribution in [3.8, 4) is 0 Å². The molecule has 2 nitrogen and oxygen atoms in total. The molecule has 2 aromatic rings. The number of rotatable bonds is 2. The summed E-state index contributed by atoms with van der Waals surface area (Å²) >= 11 is 1.94. The Kier molecular flexibility index (Phi) is 3.14. The maximum Gasteiger partial charge on any atom is 0.0414 e. The summed E-state index contributed by atoms with van der Waals surface area (Å²) in [4.78, 5) is 4.06. The van der Waals surface area contributed by atoms with Crippen LogP contribution < -0.4 is 5.32 Å². The van der Waals surface area contributed by atoms with Gasteiger partial charge in [-0.3, -0.25) is 4.90 Å². The van der Waals surface area contributed by atoms with Crippen molar-refractivity contribution in [1.82, 2.24) is 10.2 Å². The molecule has 1 N–H and O–H groups in total. The Hall–Kier alpha value is -0.900. The van der Waals surface area contributed by atoms with Crippen LogP contribution in [0.5, 0.6) is 0 Å². The van der Waals surface area contributed by atoms with Crippen LogP contribution in [-0.4, -0.2) is 31.1 Å². The van der Waals surface area contributed by atoms with Gasteiger partial charge in [0.1, 0.15) is 0 Å². The van der Waals surface area contributed by atoms with Crippen molar-refractivity contribution in [3.05, 3.63) is 35.2 Å². The van der Waals surface area contributed by atoms with Crippen LogP contribution in [0.2, 0.25) is 0 Å². The highest BCUT2D eigenvalue weighted by atomic mass is 32.1. The Labute approximate surface area is 106 Å². The number of fused-ring (bicyclic) bond motifs is 1. The van der Waals surface area contributed by atoms with E-state index >= 15 is 0 Å². The lowest BCUT2D eigenvalue weighted by molar-refractivity contribution is 0.188. The summed E-state index contributed by atoms with van der Waals surface area (Å²) in [6.45, 7) is 6.89. The first-order valence-electron chi connectivity index (χ1n) is 6.28. The summed E-state index contributed by atoms with van der Waals surface area (Å²) in [7, 11) is 0. The molecule has 1 atom stereocenters. The topological polar surface area (TPSA) is 15.3 Å². The van der Waals surface area contributed by atoms with E-state index in [1.807, 2.05) is 11.3 Å². The van der Waals surface area contributed by atoms with Crippen LogP contribution in [0.1, 0.15) is 17.8 Å². The van der Waals surface area contributed by atoms with E-state index in [9.17, 15) is 0 Å². The fraction of sp³-hybridized carbons (Fsp3) is 0.429. The molecule has 0 aliphatic carbocycles. The van der Waals surface area contributed by atoms with Gasteiger partial charge >= 0.3 is 0 Å². The van der Waals surface area contributed by atoms with E-state index in [4.69, 9.17) is 0 Å². The lowest BCUT2D eigenvalue weighted by Crippen LogP contribution is -2.44. The number of piperazine rings is 1. The van der Waals surface area contributed by atoms with Gasteiger partial charge in [0.05, 0.1) is 0 Å². The molecule has 17 heavy (non-hydrogen) atoms. The first kappa shape index (κ1) is 11.2. The minimum Gasteiger partial charge on any atom is -0.314 e. The summed E-state index contributed by atoms with van der Waals surface area (Å²) in [6, 6.07) is 11.6. The van der Waals surface area contributed by atoms with Crippen LogP contribution in [0, 0.1) is 0 Å². The van der Waals surface area contributed by atoms with E-state index in [0.717, 1.165) is 26.2 Å². The molecule has 1 aromatic heterocycles. The predicted molar refractivity (Wildman–Crippen MR) is 74.7 cm³/mol. The van der Waals surface area contributed by atoms with Gasteiger partial charge in [-0.1, -0.05) is 18.2 Å². The molecule has 0 spiro atoms. The Morgan fingerprint density at radius 3 is 2.76 bits per heavy atom. The highest BCUT2D eigenvalue weighted by Gasteiger charge is 2.19. The maximum absolute atomic E-state index is 3.41. The quantitative estimate of drug-likeness (QED) is 0.876. The number of hydrogen-bond donors (Lipinski definition) is 1. The average molecular weight is 246 g/mol. The van der Waals surface area contributed by atoms with Gasteiger partial charge in [-0.25, -0.2) is 0 Å². The molecule has 3 heteroatoms. The van der Waals surface area contributed by atoms with E-state index in [1.165, 1.54) is 15.0 Å². The molecule has 1 unspecified atom stereocenters. The number of hydrogen-bond acceptors (Lipinski definition) is 3. The van der Waals surface area contributed by atoms with Crippen molar-refractivity contribution < 1.29 is 0 Å². The summed E-state index contributed by atoms with van der Waals surface area (Å²) in [5.41, 5.74) is 0. The molecule has 1 aromatic carbocycles. The molecule has 90 valence electrons. The highest BCUT2D eigenvalue weighted by Crippen LogP contribution is 2.32.